The van der Waals surface area contributed by atoms with Crippen LogP contribution in [0.1, 0.15) is 18.4 Å². The Bertz CT molecular complexity index is 1030. The van der Waals surface area contributed by atoms with Gasteiger partial charge in [0.1, 0.15) is 5.75 Å². The first kappa shape index (κ1) is 20.6. The first-order chi connectivity index (χ1) is 14.0. The summed E-state index contributed by atoms with van der Waals surface area (Å²) in [6.07, 6.45) is 0.452. The largest absolute Gasteiger partial charge is 0.494 e. The maximum absolute atomic E-state index is 13.2. The van der Waals surface area contributed by atoms with Gasteiger partial charge in [-0.1, -0.05) is 54.1 Å². The van der Waals surface area contributed by atoms with Gasteiger partial charge in [0.05, 0.1) is 17.2 Å². The minimum Gasteiger partial charge on any atom is -0.494 e. The first-order valence-electron chi connectivity index (χ1n) is 9.36. The van der Waals surface area contributed by atoms with Crippen molar-refractivity contribution < 1.29 is 17.9 Å². The number of rotatable bonds is 8. The number of carbonyl (C=O) groups excluding carboxylic acids is 1. The normalized spacial score (nSPS) is 11.1. The van der Waals surface area contributed by atoms with Gasteiger partial charge in [-0.2, -0.15) is 0 Å². The predicted octanol–water partition coefficient (Wildman–Crippen LogP) is 4.58. The lowest BCUT2D eigenvalue weighted by atomic mass is 10.2. The lowest BCUT2D eigenvalue weighted by Gasteiger charge is -2.23. The third-order valence-electron chi connectivity index (χ3n) is 4.32. The van der Waals surface area contributed by atoms with Crippen LogP contribution in [0.3, 0.4) is 0 Å². The van der Waals surface area contributed by atoms with Crippen LogP contribution >= 0.6 is 0 Å². The molecule has 0 N–H and O–H groups in total. The number of nitrogens with zero attached hydrogens (tertiary/aromatic N) is 1. The van der Waals surface area contributed by atoms with Crippen molar-refractivity contribution in [2.45, 2.75) is 24.7 Å². The maximum Gasteiger partial charge on any atom is 0.270 e. The van der Waals surface area contributed by atoms with Crippen LogP contribution in [0, 0.1) is 6.92 Å². The highest BCUT2D eigenvalue weighted by atomic mass is 32.2. The van der Waals surface area contributed by atoms with Crippen molar-refractivity contribution >= 4 is 21.6 Å². The average Bonchev–Trinajstić information content (AvgIpc) is 2.73. The van der Waals surface area contributed by atoms with Gasteiger partial charge in [0.2, 0.25) is 5.91 Å². The second-order valence-corrected chi connectivity index (χ2v) is 8.36. The summed E-state index contributed by atoms with van der Waals surface area (Å²) < 4.78 is 32.9. The fraction of sp³-hybridized carbons (Fsp3) is 0.174. The van der Waals surface area contributed by atoms with Gasteiger partial charge < -0.3 is 4.74 Å². The van der Waals surface area contributed by atoms with Crippen molar-refractivity contribution in [3.8, 4) is 5.75 Å². The first-order valence-corrected chi connectivity index (χ1v) is 10.8. The second kappa shape index (κ2) is 9.39. The molecule has 3 aromatic rings. The third kappa shape index (κ3) is 5.23. The van der Waals surface area contributed by atoms with E-state index in [1.165, 1.54) is 12.1 Å². The minimum atomic E-state index is -4.02. The Labute approximate surface area is 171 Å². The van der Waals surface area contributed by atoms with Gasteiger partial charge in [-0.15, -0.1) is 0 Å². The van der Waals surface area contributed by atoms with Crippen molar-refractivity contribution in [2.75, 3.05) is 10.9 Å². The Morgan fingerprint density at radius 2 is 1.45 bits per heavy atom. The summed E-state index contributed by atoms with van der Waals surface area (Å²) in [4.78, 5) is 13.0. The van der Waals surface area contributed by atoms with Crippen LogP contribution in [0.25, 0.3) is 0 Å². The molecule has 0 saturated carbocycles. The van der Waals surface area contributed by atoms with E-state index in [0.717, 1.165) is 9.87 Å². The average molecular weight is 410 g/mol. The molecule has 0 radical (unpaired) electrons. The van der Waals surface area contributed by atoms with Crippen molar-refractivity contribution in [3.63, 3.8) is 0 Å². The van der Waals surface area contributed by atoms with E-state index in [4.69, 9.17) is 4.74 Å². The van der Waals surface area contributed by atoms with Gasteiger partial charge >= 0.3 is 0 Å². The van der Waals surface area contributed by atoms with E-state index in [2.05, 4.69) is 0 Å². The van der Waals surface area contributed by atoms with Crippen LogP contribution in [0.15, 0.2) is 89.8 Å². The molecule has 0 spiro atoms. The highest BCUT2D eigenvalue weighted by molar-refractivity contribution is 7.93. The van der Waals surface area contributed by atoms with E-state index in [1.54, 1.807) is 42.5 Å². The highest BCUT2D eigenvalue weighted by Crippen LogP contribution is 2.25. The van der Waals surface area contributed by atoms with Crippen LogP contribution < -0.4 is 9.04 Å². The molecular formula is C23H23NO4S. The molecule has 5 nitrogen and oxygen atoms in total. The zero-order valence-electron chi connectivity index (χ0n) is 16.2. The lowest BCUT2D eigenvalue weighted by molar-refractivity contribution is -0.117. The van der Waals surface area contributed by atoms with Gasteiger partial charge in [0.25, 0.3) is 10.0 Å². The molecule has 0 aromatic heterocycles. The number of hydrogen-bond donors (Lipinski definition) is 0. The van der Waals surface area contributed by atoms with E-state index in [9.17, 15) is 13.2 Å². The summed E-state index contributed by atoms with van der Waals surface area (Å²) in [5.74, 6) is 0.223. The van der Waals surface area contributed by atoms with E-state index >= 15 is 0 Å². The fourth-order valence-electron chi connectivity index (χ4n) is 2.83. The standard InChI is InChI=1S/C23H23NO4S/c1-19-14-16-22(17-15-19)29(26,27)24(20-9-4-2-5-10-20)23(25)13-8-18-28-21-11-6-3-7-12-21/h2-7,9-12,14-17H,8,13,18H2,1H3. The van der Waals surface area contributed by atoms with Crippen molar-refractivity contribution in [3.05, 3.63) is 90.5 Å². The molecule has 1 amide bonds. The van der Waals surface area contributed by atoms with E-state index in [-0.39, 0.29) is 11.3 Å². The molecule has 0 atom stereocenters. The molecule has 0 fully saturated rings. The van der Waals surface area contributed by atoms with Gasteiger partial charge in [0, 0.05) is 6.42 Å². The predicted molar refractivity (Wildman–Crippen MR) is 113 cm³/mol. The fourth-order valence-corrected chi connectivity index (χ4v) is 4.28. The van der Waals surface area contributed by atoms with E-state index < -0.39 is 15.9 Å². The topological polar surface area (TPSA) is 63.7 Å². The number of ether oxygens (including phenoxy) is 1. The summed E-state index contributed by atoms with van der Waals surface area (Å²) in [7, 11) is -4.02. The van der Waals surface area contributed by atoms with E-state index in [0.29, 0.717) is 24.5 Å². The number of amides is 1. The molecule has 150 valence electrons. The zero-order chi connectivity index (χ0) is 20.7. The zero-order valence-corrected chi connectivity index (χ0v) is 17.0. The molecule has 0 aliphatic carbocycles. The van der Waals surface area contributed by atoms with Gasteiger partial charge in [-0.25, -0.2) is 12.7 Å². The van der Waals surface area contributed by atoms with Crippen LogP contribution in [-0.4, -0.2) is 20.9 Å². The number of anilines is 1. The SMILES string of the molecule is Cc1ccc(S(=O)(=O)N(C(=O)CCCOc2ccccc2)c2ccccc2)cc1. The molecule has 0 heterocycles. The number of para-hydroxylation sites is 2. The number of carbonyl (C=O) groups is 1. The number of sulfonamides is 1. The maximum atomic E-state index is 13.2. The summed E-state index contributed by atoms with van der Waals surface area (Å²) in [5, 5.41) is 0. The molecule has 6 heteroatoms. The van der Waals surface area contributed by atoms with E-state index in [1.807, 2.05) is 37.3 Å². The quantitative estimate of drug-likeness (QED) is 0.511. The van der Waals surface area contributed by atoms with Crippen LogP contribution in [0.2, 0.25) is 0 Å². The number of aryl methyl sites for hydroxylation is 1. The van der Waals surface area contributed by atoms with Crippen LogP contribution in [0.5, 0.6) is 5.75 Å². The number of hydrogen-bond acceptors (Lipinski definition) is 4. The molecule has 0 aliphatic heterocycles. The van der Waals surface area contributed by atoms with Crippen molar-refractivity contribution in [1.29, 1.82) is 0 Å². The molecule has 3 rings (SSSR count). The summed E-state index contributed by atoms with van der Waals surface area (Å²) in [5.41, 5.74) is 1.27. The molecule has 3 aromatic carbocycles. The minimum absolute atomic E-state index is 0.0484. The van der Waals surface area contributed by atoms with Crippen molar-refractivity contribution in [2.24, 2.45) is 0 Å². The Balaban J connectivity index is 1.76. The molecule has 0 aliphatic rings. The Morgan fingerprint density at radius 1 is 0.862 bits per heavy atom. The Kier molecular flexibility index (Phi) is 6.67. The molecule has 0 unspecified atom stereocenters. The van der Waals surface area contributed by atoms with Gasteiger partial charge in [-0.3, -0.25) is 4.79 Å². The summed E-state index contributed by atoms with van der Waals surface area (Å²) in [6, 6.07) is 24.2. The summed E-state index contributed by atoms with van der Waals surface area (Å²) in [6.45, 7) is 2.20. The Hall–Kier alpha value is -3.12. The molecule has 29 heavy (non-hydrogen) atoms. The summed E-state index contributed by atoms with van der Waals surface area (Å²) >= 11 is 0. The highest BCUT2D eigenvalue weighted by Gasteiger charge is 2.30. The van der Waals surface area contributed by atoms with Crippen LogP contribution in [-0.2, 0) is 14.8 Å². The monoisotopic (exact) mass is 409 g/mol. The molecule has 0 bridgehead atoms. The third-order valence-corrected chi connectivity index (χ3v) is 6.09. The second-order valence-electron chi connectivity index (χ2n) is 6.58. The van der Waals surface area contributed by atoms with Crippen LogP contribution in [0.4, 0.5) is 5.69 Å². The Morgan fingerprint density at radius 3 is 2.07 bits per heavy atom. The number of benzene rings is 3. The van der Waals surface area contributed by atoms with Gasteiger partial charge in [-0.05, 0) is 49.7 Å². The smallest absolute Gasteiger partial charge is 0.270 e. The molecular weight excluding hydrogens is 386 g/mol. The van der Waals surface area contributed by atoms with Crippen molar-refractivity contribution in [1.82, 2.24) is 0 Å². The molecule has 0 saturated heterocycles. The van der Waals surface area contributed by atoms with Gasteiger partial charge in [0.15, 0.2) is 0 Å². The lowest BCUT2D eigenvalue weighted by Crippen LogP contribution is -2.37.